The number of hydrogen-bond donors (Lipinski definition) is 2. The number of aliphatic hydroxyl groups is 1. The number of aromatic hydroxyl groups is 1. The lowest BCUT2D eigenvalue weighted by molar-refractivity contribution is -0.165. The normalized spacial score (nSPS) is 44.3. The minimum atomic E-state index is -0.869. The first-order chi connectivity index (χ1) is 14.7. The summed E-state index contributed by atoms with van der Waals surface area (Å²) in [4.78, 5) is 2.49. The molecule has 166 valence electrons. The Kier molecular flexibility index (Phi) is 3.59. The highest BCUT2D eigenvalue weighted by atomic mass is 16.5. The van der Waals surface area contributed by atoms with E-state index in [1.54, 1.807) is 7.11 Å². The average molecular weight is 424 g/mol. The molecule has 0 radical (unpaired) electrons. The van der Waals surface area contributed by atoms with Crippen LogP contribution in [0.1, 0.15) is 50.7 Å². The molecular weight excluding hydrogens is 390 g/mol. The number of hydrogen-bond acceptors (Lipinski definition) is 5. The lowest BCUT2D eigenvalue weighted by Gasteiger charge is -2.66. The van der Waals surface area contributed by atoms with E-state index in [1.807, 2.05) is 27.0 Å². The SMILES string of the molecule is C#CCN1CC[C@@]23c4c(ccc(OC)c4O)C[C@@H]1[C@]21CC[C@]2(OC)[C@@H]3[C@@]2(C(C)(C)O)C1. The molecule has 6 aliphatic rings. The van der Waals surface area contributed by atoms with Gasteiger partial charge in [-0.2, -0.15) is 0 Å². The predicted octanol–water partition coefficient (Wildman–Crippen LogP) is 2.86. The van der Waals surface area contributed by atoms with Gasteiger partial charge in [-0.05, 0) is 63.0 Å². The van der Waals surface area contributed by atoms with Gasteiger partial charge in [0.2, 0.25) is 0 Å². The molecule has 5 nitrogen and oxygen atoms in total. The highest BCUT2D eigenvalue weighted by molar-refractivity contribution is 5.63. The van der Waals surface area contributed by atoms with Crippen molar-refractivity contribution in [3.8, 4) is 23.8 Å². The van der Waals surface area contributed by atoms with Crippen LogP contribution in [0, 0.1) is 29.1 Å². The Balaban J connectivity index is 1.67. The van der Waals surface area contributed by atoms with Crippen LogP contribution in [0.2, 0.25) is 0 Å². The highest BCUT2D eigenvalue weighted by Gasteiger charge is 2.97. The van der Waals surface area contributed by atoms with Gasteiger partial charge < -0.3 is 19.7 Å². The number of methoxy groups -OCH3 is 2. The molecule has 0 unspecified atom stereocenters. The van der Waals surface area contributed by atoms with Crippen molar-refractivity contribution in [2.75, 3.05) is 27.3 Å². The Morgan fingerprint density at radius 1 is 1.26 bits per heavy atom. The molecule has 6 bridgehead atoms. The summed E-state index contributed by atoms with van der Waals surface area (Å²) < 4.78 is 11.9. The monoisotopic (exact) mass is 423 g/mol. The van der Waals surface area contributed by atoms with Crippen LogP contribution >= 0.6 is 0 Å². The second-order valence-corrected chi connectivity index (χ2v) is 11.2. The third-order valence-corrected chi connectivity index (χ3v) is 10.5. The fourth-order valence-electron chi connectivity index (χ4n) is 9.77. The Labute approximate surface area is 184 Å². The molecule has 2 N–H and O–H groups in total. The first kappa shape index (κ1) is 19.9. The molecule has 4 saturated carbocycles. The second kappa shape index (κ2) is 5.60. The van der Waals surface area contributed by atoms with Gasteiger partial charge in [0.05, 0.1) is 24.9 Å². The summed E-state index contributed by atoms with van der Waals surface area (Å²) in [5.74, 6) is 3.90. The molecule has 31 heavy (non-hydrogen) atoms. The van der Waals surface area contributed by atoms with Gasteiger partial charge >= 0.3 is 0 Å². The largest absolute Gasteiger partial charge is 0.504 e. The summed E-state index contributed by atoms with van der Waals surface area (Å²) in [6.45, 7) is 5.48. The van der Waals surface area contributed by atoms with Crippen molar-refractivity contribution >= 4 is 0 Å². The third kappa shape index (κ3) is 1.76. The van der Waals surface area contributed by atoms with Crippen molar-refractivity contribution in [2.24, 2.45) is 16.7 Å². The molecule has 5 fully saturated rings. The van der Waals surface area contributed by atoms with Gasteiger partial charge in [0.15, 0.2) is 11.5 Å². The van der Waals surface area contributed by atoms with Gasteiger partial charge in [-0.1, -0.05) is 12.0 Å². The zero-order valence-corrected chi connectivity index (χ0v) is 19.0. The van der Waals surface area contributed by atoms with E-state index in [9.17, 15) is 10.2 Å². The number of phenols is 1. The predicted molar refractivity (Wildman–Crippen MR) is 117 cm³/mol. The number of fused-ring (bicyclic) bond motifs is 2. The maximum absolute atomic E-state index is 11.6. The molecule has 1 aromatic carbocycles. The van der Waals surface area contributed by atoms with Crippen LogP contribution in [0.25, 0.3) is 0 Å². The Morgan fingerprint density at radius 3 is 2.68 bits per heavy atom. The lowest BCUT2D eigenvalue weighted by Crippen LogP contribution is -2.70. The lowest BCUT2D eigenvalue weighted by atomic mass is 9.43. The average Bonchev–Trinajstić information content (AvgIpc) is 3.27. The molecule has 1 saturated heterocycles. The van der Waals surface area contributed by atoms with Crippen LogP contribution in [0.5, 0.6) is 11.5 Å². The van der Waals surface area contributed by atoms with E-state index in [0.29, 0.717) is 24.1 Å². The fourth-order valence-corrected chi connectivity index (χ4v) is 9.77. The van der Waals surface area contributed by atoms with E-state index in [1.165, 1.54) is 5.56 Å². The Hall–Kier alpha value is -1.74. The number of piperidine rings is 1. The van der Waals surface area contributed by atoms with Crippen molar-refractivity contribution in [1.29, 1.82) is 0 Å². The number of phenolic OH excluding ortho intramolecular Hbond substituents is 1. The highest BCUT2D eigenvalue weighted by Crippen LogP contribution is 2.93. The molecule has 1 spiro atoms. The van der Waals surface area contributed by atoms with Crippen molar-refractivity contribution in [3.63, 3.8) is 0 Å². The summed E-state index contributed by atoms with van der Waals surface area (Å²) in [7, 11) is 3.43. The first-order valence-electron chi connectivity index (χ1n) is 11.5. The number of rotatable bonds is 4. The Morgan fingerprint density at radius 2 is 2.03 bits per heavy atom. The van der Waals surface area contributed by atoms with Gasteiger partial charge in [-0.15, -0.1) is 6.42 Å². The fraction of sp³-hybridized carbons (Fsp3) is 0.692. The van der Waals surface area contributed by atoms with Crippen LogP contribution in [0.15, 0.2) is 12.1 Å². The first-order valence-corrected chi connectivity index (χ1v) is 11.5. The van der Waals surface area contributed by atoms with E-state index in [4.69, 9.17) is 15.9 Å². The summed E-state index contributed by atoms with van der Waals surface area (Å²) in [5.41, 5.74) is 0.494. The second-order valence-electron chi connectivity index (χ2n) is 11.2. The van der Waals surface area contributed by atoms with Gasteiger partial charge in [-0.3, -0.25) is 4.90 Å². The van der Waals surface area contributed by atoms with Crippen LogP contribution in [-0.4, -0.2) is 59.7 Å². The molecular formula is C26H33NO4. The number of terminal acetylenes is 1. The van der Waals surface area contributed by atoms with E-state index in [0.717, 1.165) is 44.2 Å². The van der Waals surface area contributed by atoms with Crippen LogP contribution in [-0.2, 0) is 16.6 Å². The molecule has 1 heterocycles. The zero-order chi connectivity index (χ0) is 22.0. The van der Waals surface area contributed by atoms with Crippen LogP contribution < -0.4 is 4.74 Å². The topological polar surface area (TPSA) is 62.2 Å². The molecule has 7 rings (SSSR count). The van der Waals surface area contributed by atoms with Crippen LogP contribution in [0.3, 0.4) is 0 Å². The third-order valence-electron chi connectivity index (χ3n) is 10.5. The summed E-state index contributed by atoms with van der Waals surface area (Å²) in [5, 5.41) is 23.1. The molecule has 1 aliphatic heterocycles. The number of nitrogens with zero attached hydrogens (tertiary/aromatic N) is 1. The summed E-state index contributed by atoms with van der Waals surface area (Å²) in [6.07, 6.45) is 10.5. The van der Waals surface area contributed by atoms with Gasteiger partial charge in [0, 0.05) is 42.0 Å². The zero-order valence-electron chi connectivity index (χ0n) is 19.0. The number of benzene rings is 1. The van der Waals surface area contributed by atoms with Gasteiger partial charge in [0.1, 0.15) is 0 Å². The van der Waals surface area contributed by atoms with E-state index >= 15 is 0 Å². The van der Waals surface area contributed by atoms with Crippen molar-refractivity contribution in [2.45, 2.75) is 68.6 Å². The van der Waals surface area contributed by atoms with Crippen molar-refractivity contribution in [1.82, 2.24) is 4.90 Å². The quantitative estimate of drug-likeness (QED) is 0.730. The van der Waals surface area contributed by atoms with Gasteiger partial charge in [-0.25, -0.2) is 0 Å². The van der Waals surface area contributed by atoms with Gasteiger partial charge in [0.25, 0.3) is 0 Å². The molecule has 0 amide bonds. The number of ether oxygens (including phenoxy) is 2. The molecule has 6 atom stereocenters. The van der Waals surface area contributed by atoms with Crippen LogP contribution in [0.4, 0.5) is 0 Å². The summed E-state index contributed by atoms with van der Waals surface area (Å²) in [6, 6.07) is 4.34. The standard InChI is InChI=1S/C26H33NO4/c1-6-12-27-13-11-24-19-16(7-8-17(30-4)20(19)28)14-18(27)23(24)9-10-26(31-5)21(24)25(26,15-23)22(2,3)29/h1,7-8,18,21,28-29H,9-15H2,2-5H3/t18-,21+,23-,24+,25-,26+/m1/s1. The minimum absolute atomic E-state index is 0.0239. The van der Waals surface area contributed by atoms with Crippen molar-refractivity contribution < 1.29 is 19.7 Å². The smallest absolute Gasteiger partial charge is 0.161 e. The Bertz CT molecular complexity index is 1020. The molecule has 1 aromatic rings. The van der Waals surface area contributed by atoms with E-state index in [-0.39, 0.29) is 27.8 Å². The molecule has 5 heteroatoms. The minimum Gasteiger partial charge on any atom is -0.504 e. The molecule has 0 aromatic heterocycles. The van der Waals surface area contributed by atoms with E-state index in [2.05, 4.69) is 16.9 Å². The van der Waals surface area contributed by atoms with E-state index < -0.39 is 5.60 Å². The molecule has 5 aliphatic carbocycles. The maximum Gasteiger partial charge on any atom is 0.161 e. The summed E-state index contributed by atoms with van der Waals surface area (Å²) >= 11 is 0. The van der Waals surface area contributed by atoms with Crippen molar-refractivity contribution in [3.05, 3.63) is 23.3 Å². The number of likely N-dealkylation sites (tertiary alicyclic amines) is 1. The maximum atomic E-state index is 11.6.